The Bertz CT molecular complexity index is 1420. The molecule has 188 valence electrons. The lowest BCUT2D eigenvalue weighted by Gasteiger charge is -2.50. The highest BCUT2D eigenvalue weighted by Gasteiger charge is 2.45. The van der Waals surface area contributed by atoms with Gasteiger partial charge in [-0.25, -0.2) is 8.78 Å². The molecule has 1 unspecified atom stereocenters. The topological polar surface area (TPSA) is 66.0 Å². The largest absolute Gasteiger partial charge is 0.423 e. The van der Waals surface area contributed by atoms with E-state index < -0.39 is 17.4 Å². The van der Waals surface area contributed by atoms with Crippen LogP contribution in [-0.2, 0) is 0 Å². The van der Waals surface area contributed by atoms with Crippen molar-refractivity contribution in [3.63, 3.8) is 0 Å². The van der Waals surface area contributed by atoms with Gasteiger partial charge in [0.25, 0.3) is 0 Å². The molecule has 37 heavy (non-hydrogen) atoms. The van der Waals surface area contributed by atoms with Crippen LogP contribution >= 0.6 is 11.6 Å². The van der Waals surface area contributed by atoms with Gasteiger partial charge in [0.2, 0.25) is 12.3 Å². The normalized spacial score (nSPS) is 16.1. The molecule has 1 aliphatic rings. The summed E-state index contributed by atoms with van der Waals surface area (Å²) in [6.45, 7) is 4.21. The Labute approximate surface area is 219 Å². The Balaban J connectivity index is 1.48. The molecule has 1 aromatic heterocycles. The zero-order valence-corrected chi connectivity index (χ0v) is 21.2. The molecule has 0 N–H and O–H groups in total. The first-order valence-corrected chi connectivity index (χ1v) is 12.4. The van der Waals surface area contributed by atoms with E-state index in [1.54, 1.807) is 6.07 Å². The summed E-state index contributed by atoms with van der Waals surface area (Å²) >= 11 is 6.17. The van der Waals surface area contributed by atoms with Crippen LogP contribution in [0, 0.1) is 23.1 Å². The Morgan fingerprint density at radius 1 is 1.05 bits per heavy atom. The molecule has 0 saturated carbocycles. The molecule has 0 bridgehead atoms. The summed E-state index contributed by atoms with van der Waals surface area (Å²) in [7, 11) is 0. The van der Waals surface area contributed by atoms with Crippen molar-refractivity contribution in [2.45, 2.75) is 31.5 Å². The second-order valence-corrected chi connectivity index (χ2v) is 10.4. The third kappa shape index (κ3) is 5.27. The lowest BCUT2D eigenvalue weighted by atomic mass is 9.72. The number of aromatic nitrogens is 2. The predicted molar refractivity (Wildman–Crippen MR) is 137 cm³/mol. The molecule has 0 radical (unpaired) electrons. The Morgan fingerprint density at radius 2 is 1.81 bits per heavy atom. The van der Waals surface area contributed by atoms with Crippen LogP contribution in [0.5, 0.6) is 0 Å². The molecule has 0 spiro atoms. The van der Waals surface area contributed by atoms with Gasteiger partial charge in [-0.05, 0) is 78.9 Å². The summed E-state index contributed by atoms with van der Waals surface area (Å²) in [6, 6.07) is 21.6. The number of likely N-dealkylation sites (tertiary alicyclic amines) is 1. The van der Waals surface area contributed by atoms with Crippen LogP contribution in [0.1, 0.15) is 48.1 Å². The summed E-state index contributed by atoms with van der Waals surface area (Å²) in [5.74, 6) is -0.738. The lowest BCUT2D eigenvalue weighted by Crippen LogP contribution is -2.53. The van der Waals surface area contributed by atoms with Crippen LogP contribution < -0.4 is 0 Å². The molecule has 1 aliphatic heterocycles. The number of alkyl halides is 1. The standard InChI is InChI=1S/C29H25ClF2N4O/c1-29(2,32)26(22-10-18(14-33)11-25(31)13-22)23-15-36(16-23)27(19-6-8-24(30)9-7-19)20-4-3-5-21(12-20)28-35-34-17-37-28/h3-13,17,23,26-27H,15-16H2,1-2H3/t26-,27?/m1/s1. The number of nitriles is 1. The van der Waals surface area contributed by atoms with Crippen molar-refractivity contribution in [1.29, 1.82) is 5.26 Å². The Morgan fingerprint density at radius 3 is 2.46 bits per heavy atom. The highest BCUT2D eigenvalue weighted by atomic mass is 35.5. The van der Waals surface area contributed by atoms with Crippen LogP contribution in [0.4, 0.5) is 8.78 Å². The van der Waals surface area contributed by atoms with E-state index in [1.165, 1.54) is 32.4 Å². The van der Waals surface area contributed by atoms with Crippen LogP contribution in [0.25, 0.3) is 11.5 Å². The predicted octanol–water partition coefficient (Wildman–Crippen LogP) is 6.95. The van der Waals surface area contributed by atoms with Gasteiger partial charge in [0.15, 0.2) is 0 Å². The maximum atomic E-state index is 15.5. The van der Waals surface area contributed by atoms with E-state index in [0.717, 1.165) is 16.7 Å². The summed E-state index contributed by atoms with van der Waals surface area (Å²) < 4.78 is 35.2. The van der Waals surface area contributed by atoms with E-state index in [9.17, 15) is 9.65 Å². The first kappa shape index (κ1) is 25.1. The molecule has 5 rings (SSSR count). The third-order valence-electron chi connectivity index (χ3n) is 6.92. The maximum absolute atomic E-state index is 15.5. The first-order chi connectivity index (χ1) is 17.7. The molecule has 0 amide bonds. The second-order valence-electron chi connectivity index (χ2n) is 9.96. The van der Waals surface area contributed by atoms with Gasteiger partial charge in [0.1, 0.15) is 11.5 Å². The van der Waals surface area contributed by atoms with Gasteiger partial charge in [-0.15, -0.1) is 10.2 Å². The molecular weight excluding hydrogens is 494 g/mol. The minimum Gasteiger partial charge on any atom is -0.423 e. The van der Waals surface area contributed by atoms with Gasteiger partial charge in [-0.1, -0.05) is 35.9 Å². The van der Waals surface area contributed by atoms with Gasteiger partial charge in [-0.2, -0.15) is 5.26 Å². The number of rotatable bonds is 7. The second kappa shape index (κ2) is 10.0. The van der Waals surface area contributed by atoms with Crippen molar-refractivity contribution in [3.05, 3.63) is 106 Å². The zero-order chi connectivity index (χ0) is 26.2. The first-order valence-electron chi connectivity index (χ1n) is 12.0. The summed E-state index contributed by atoms with van der Waals surface area (Å²) in [5, 5.41) is 17.8. The average molecular weight is 519 g/mol. The smallest absolute Gasteiger partial charge is 0.247 e. The lowest BCUT2D eigenvalue weighted by molar-refractivity contribution is 0.00813. The van der Waals surface area contributed by atoms with Crippen LogP contribution in [-0.4, -0.2) is 33.9 Å². The molecule has 0 aliphatic carbocycles. The van der Waals surface area contributed by atoms with Gasteiger partial charge < -0.3 is 4.42 Å². The molecule has 2 heterocycles. The van der Waals surface area contributed by atoms with E-state index in [4.69, 9.17) is 16.0 Å². The van der Waals surface area contributed by atoms with Crippen LogP contribution in [0.3, 0.4) is 0 Å². The van der Waals surface area contributed by atoms with Crippen molar-refractivity contribution >= 4 is 11.6 Å². The van der Waals surface area contributed by atoms with E-state index in [1.807, 2.05) is 54.6 Å². The zero-order valence-electron chi connectivity index (χ0n) is 20.4. The molecule has 4 aromatic rings. The van der Waals surface area contributed by atoms with E-state index in [0.29, 0.717) is 29.6 Å². The highest BCUT2D eigenvalue weighted by Crippen LogP contribution is 2.46. The maximum Gasteiger partial charge on any atom is 0.247 e. The molecule has 8 heteroatoms. The van der Waals surface area contributed by atoms with Crippen LogP contribution in [0.2, 0.25) is 5.02 Å². The minimum atomic E-state index is -1.61. The quantitative estimate of drug-likeness (QED) is 0.265. The highest BCUT2D eigenvalue weighted by molar-refractivity contribution is 6.30. The fourth-order valence-corrected chi connectivity index (χ4v) is 5.58. The summed E-state index contributed by atoms with van der Waals surface area (Å²) in [6.07, 6.45) is 1.29. The van der Waals surface area contributed by atoms with Crippen molar-refractivity contribution in [2.24, 2.45) is 5.92 Å². The summed E-state index contributed by atoms with van der Waals surface area (Å²) in [5.41, 5.74) is 1.96. The molecular formula is C29H25ClF2N4O. The number of hydrogen-bond acceptors (Lipinski definition) is 5. The molecule has 1 saturated heterocycles. The van der Waals surface area contributed by atoms with Gasteiger partial charge in [0, 0.05) is 29.6 Å². The summed E-state index contributed by atoms with van der Waals surface area (Å²) in [4.78, 5) is 2.27. The van der Waals surface area contributed by atoms with E-state index >= 15 is 4.39 Å². The van der Waals surface area contributed by atoms with Crippen molar-refractivity contribution in [1.82, 2.24) is 15.1 Å². The van der Waals surface area contributed by atoms with Crippen molar-refractivity contribution in [3.8, 4) is 17.5 Å². The molecule has 1 fully saturated rings. The number of nitrogens with zero attached hydrogens (tertiary/aromatic N) is 4. The Kier molecular flexibility index (Phi) is 6.80. The van der Waals surface area contributed by atoms with Crippen LogP contribution in [0.15, 0.2) is 77.5 Å². The van der Waals surface area contributed by atoms with E-state index in [-0.39, 0.29) is 17.5 Å². The van der Waals surface area contributed by atoms with Gasteiger partial charge in [0.05, 0.1) is 17.7 Å². The van der Waals surface area contributed by atoms with Gasteiger partial charge in [-0.3, -0.25) is 4.90 Å². The fourth-order valence-electron chi connectivity index (χ4n) is 5.46. The fraction of sp³-hybridized carbons (Fsp3) is 0.276. The number of halogens is 3. The van der Waals surface area contributed by atoms with Crippen molar-refractivity contribution < 1.29 is 13.2 Å². The monoisotopic (exact) mass is 518 g/mol. The Hall–Kier alpha value is -3.60. The van der Waals surface area contributed by atoms with E-state index in [2.05, 4.69) is 15.1 Å². The number of benzene rings is 3. The molecule has 2 atom stereocenters. The van der Waals surface area contributed by atoms with Crippen molar-refractivity contribution in [2.75, 3.05) is 13.1 Å². The molecule has 5 nitrogen and oxygen atoms in total. The minimum absolute atomic E-state index is 0.0673. The number of hydrogen-bond donors (Lipinski definition) is 0. The molecule has 3 aromatic carbocycles. The SMILES string of the molecule is CC(C)(F)[C@H](c1cc(F)cc(C#N)c1)C1CN(C(c2ccc(Cl)cc2)c2cccc(-c3nnco3)c2)C1. The average Bonchev–Trinajstić information content (AvgIpc) is 3.38. The third-order valence-corrected chi connectivity index (χ3v) is 7.17. The van der Waals surface area contributed by atoms with Gasteiger partial charge >= 0.3 is 0 Å².